The summed E-state index contributed by atoms with van der Waals surface area (Å²) in [7, 11) is 0. The molecule has 0 radical (unpaired) electrons. The molecule has 0 amide bonds. The van der Waals surface area contributed by atoms with Gasteiger partial charge in [0.2, 0.25) is 0 Å². The highest BCUT2D eigenvalue weighted by molar-refractivity contribution is 6.31. The SMILES string of the molecule is Cc1ccc(C(N)CF)c(Cl)c1. The maximum absolute atomic E-state index is 12.2. The molecule has 3 heteroatoms. The molecule has 1 unspecified atom stereocenters. The van der Waals surface area contributed by atoms with Crippen molar-refractivity contribution in [1.29, 1.82) is 0 Å². The van der Waals surface area contributed by atoms with Gasteiger partial charge >= 0.3 is 0 Å². The summed E-state index contributed by atoms with van der Waals surface area (Å²) in [6.07, 6.45) is 0. The van der Waals surface area contributed by atoms with Crippen molar-refractivity contribution in [3.05, 3.63) is 34.3 Å². The minimum Gasteiger partial charge on any atom is -0.322 e. The Kier molecular flexibility index (Phi) is 3.06. The van der Waals surface area contributed by atoms with Gasteiger partial charge in [0.15, 0.2) is 0 Å². The molecule has 0 aliphatic heterocycles. The van der Waals surface area contributed by atoms with Crippen LogP contribution in [-0.2, 0) is 0 Å². The zero-order valence-corrected chi connectivity index (χ0v) is 7.61. The first-order chi connectivity index (χ1) is 5.65. The lowest BCUT2D eigenvalue weighted by atomic mass is 10.1. The second kappa shape index (κ2) is 3.87. The molecule has 1 aromatic carbocycles. The Labute approximate surface area is 76.3 Å². The first kappa shape index (κ1) is 9.49. The van der Waals surface area contributed by atoms with E-state index in [1.807, 2.05) is 13.0 Å². The van der Waals surface area contributed by atoms with Gasteiger partial charge in [0.25, 0.3) is 0 Å². The largest absolute Gasteiger partial charge is 0.322 e. The zero-order chi connectivity index (χ0) is 9.14. The lowest BCUT2D eigenvalue weighted by Crippen LogP contribution is -2.12. The molecule has 1 rings (SSSR count). The lowest BCUT2D eigenvalue weighted by molar-refractivity contribution is 0.437. The summed E-state index contributed by atoms with van der Waals surface area (Å²) >= 11 is 5.86. The van der Waals surface area contributed by atoms with Crippen LogP contribution < -0.4 is 5.73 Å². The average molecular weight is 188 g/mol. The first-order valence-corrected chi connectivity index (χ1v) is 4.10. The molecule has 0 spiro atoms. The van der Waals surface area contributed by atoms with E-state index in [2.05, 4.69) is 0 Å². The van der Waals surface area contributed by atoms with E-state index in [0.29, 0.717) is 10.6 Å². The molecule has 1 atom stereocenters. The molecular formula is C9H11ClFN. The monoisotopic (exact) mass is 187 g/mol. The summed E-state index contributed by atoms with van der Waals surface area (Å²) < 4.78 is 12.2. The Hall–Kier alpha value is -0.600. The number of benzene rings is 1. The van der Waals surface area contributed by atoms with Gasteiger partial charge in [-0.2, -0.15) is 0 Å². The second-order valence-corrected chi connectivity index (χ2v) is 3.19. The van der Waals surface area contributed by atoms with Gasteiger partial charge in [-0.15, -0.1) is 0 Å². The highest BCUT2D eigenvalue weighted by Crippen LogP contribution is 2.22. The van der Waals surface area contributed by atoms with Crippen LogP contribution in [0.2, 0.25) is 5.02 Å². The molecule has 0 aliphatic carbocycles. The molecule has 66 valence electrons. The quantitative estimate of drug-likeness (QED) is 0.757. The number of hydrogen-bond acceptors (Lipinski definition) is 1. The van der Waals surface area contributed by atoms with Crippen LogP contribution in [0.4, 0.5) is 4.39 Å². The first-order valence-electron chi connectivity index (χ1n) is 3.72. The van der Waals surface area contributed by atoms with Crippen molar-refractivity contribution in [2.45, 2.75) is 13.0 Å². The Bertz CT molecular complexity index is 275. The van der Waals surface area contributed by atoms with Crippen LogP contribution in [0.15, 0.2) is 18.2 Å². The van der Waals surface area contributed by atoms with E-state index in [-0.39, 0.29) is 0 Å². The molecule has 1 aromatic rings. The Morgan fingerprint density at radius 1 is 1.58 bits per heavy atom. The standard InChI is InChI=1S/C9H11ClFN/c1-6-2-3-7(8(10)4-6)9(12)5-11/h2-4,9H,5,12H2,1H3. The molecule has 0 fully saturated rings. The number of hydrogen-bond donors (Lipinski definition) is 1. The molecule has 0 heterocycles. The molecule has 0 saturated carbocycles. The fourth-order valence-corrected chi connectivity index (χ4v) is 1.39. The van der Waals surface area contributed by atoms with Gasteiger partial charge in [0.05, 0.1) is 6.04 Å². The predicted molar refractivity (Wildman–Crippen MR) is 49.1 cm³/mol. The van der Waals surface area contributed by atoms with E-state index >= 15 is 0 Å². The highest BCUT2D eigenvalue weighted by atomic mass is 35.5. The molecule has 0 aromatic heterocycles. The predicted octanol–water partition coefficient (Wildman–Crippen LogP) is 2.62. The van der Waals surface area contributed by atoms with E-state index in [4.69, 9.17) is 17.3 Å². The summed E-state index contributed by atoms with van der Waals surface area (Å²) in [6, 6.07) is 4.82. The van der Waals surface area contributed by atoms with Crippen molar-refractivity contribution in [2.75, 3.05) is 6.67 Å². The van der Waals surface area contributed by atoms with Gasteiger partial charge in [0, 0.05) is 5.02 Å². The minimum absolute atomic E-state index is 0.542. The van der Waals surface area contributed by atoms with Crippen molar-refractivity contribution in [2.24, 2.45) is 5.73 Å². The zero-order valence-electron chi connectivity index (χ0n) is 6.85. The number of nitrogens with two attached hydrogens (primary N) is 1. The average Bonchev–Trinajstić information content (AvgIpc) is 2.03. The van der Waals surface area contributed by atoms with Gasteiger partial charge in [-0.1, -0.05) is 23.7 Å². The van der Waals surface area contributed by atoms with Gasteiger partial charge in [0.1, 0.15) is 6.67 Å². The lowest BCUT2D eigenvalue weighted by Gasteiger charge is -2.09. The van der Waals surface area contributed by atoms with E-state index in [1.54, 1.807) is 12.1 Å². The molecule has 12 heavy (non-hydrogen) atoms. The highest BCUT2D eigenvalue weighted by Gasteiger charge is 2.08. The van der Waals surface area contributed by atoms with E-state index in [0.717, 1.165) is 5.56 Å². The Morgan fingerprint density at radius 2 is 2.25 bits per heavy atom. The van der Waals surface area contributed by atoms with E-state index in [9.17, 15) is 4.39 Å². The van der Waals surface area contributed by atoms with Crippen LogP contribution in [0.1, 0.15) is 17.2 Å². The van der Waals surface area contributed by atoms with Gasteiger partial charge in [-0.05, 0) is 24.1 Å². The summed E-state index contributed by atoms with van der Waals surface area (Å²) in [5, 5.41) is 0.542. The van der Waals surface area contributed by atoms with Gasteiger partial charge < -0.3 is 5.73 Å². The minimum atomic E-state index is -0.599. The summed E-state index contributed by atoms with van der Waals surface area (Å²) in [5.74, 6) is 0. The van der Waals surface area contributed by atoms with Crippen LogP contribution in [0.25, 0.3) is 0 Å². The van der Waals surface area contributed by atoms with Crippen molar-refractivity contribution in [1.82, 2.24) is 0 Å². The smallest absolute Gasteiger partial charge is 0.109 e. The Balaban J connectivity index is 3.01. The third-order valence-corrected chi connectivity index (χ3v) is 2.05. The third kappa shape index (κ3) is 1.96. The van der Waals surface area contributed by atoms with Crippen LogP contribution >= 0.6 is 11.6 Å². The molecule has 0 bridgehead atoms. The number of aryl methyl sites for hydroxylation is 1. The van der Waals surface area contributed by atoms with Crippen LogP contribution in [0.5, 0.6) is 0 Å². The molecule has 0 saturated heterocycles. The second-order valence-electron chi connectivity index (χ2n) is 2.79. The van der Waals surface area contributed by atoms with Crippen molar-refractivity contribution < 1.29 is 4.39 Å². The maximum Gasteiger partial charge on any atom is 0.109 e. The van der Waals surface area contributed by atoms with Crippen LogP contribution in [0, 0.1) is 6.92 Å². The normalized spacial score (nSPS) is 13.0. The fraction of sp³-hybridized carbons (Fsp3) is 0.333. The topological polar surface area (TPSA) is 26.0 Å². The molecule has 1 nitrogen and oxygen atoms in total. The summed E-state index contributed by atoms with van der Waals surface area (Å²) in [5.41, 5.74) is 7.21. The molecule has 0 aliphatic rings. The Morgan fingerprint density at radius 3 is 2.75 bits per heavy atom. The van der Waals surface area contributed by atoms with Gasteiger partial charge in [-0.3, -0.25) is 0 Å². The third-order valence-electron chi connectivity index (χ3n) is 1.72. The van der Waals surface area contributed by atoms with Crippen molar-refractivity contribution in [3.8, 4) is 0 Å². The molecule has 2 N–H and O–H groups in total. The van der Waals surface area contributed by atoms with E-state index < -0.39 is 12.7 Å². The summed E-state index contributed by atoms with van der Waals surface area (Å²) in [6.45, 7) is 1.35. The fourth-order valence-electron chi connectivity index (χ4n) is 1.02. The number of halogens is 2. The van der Waals surface area contributed by atoms with E-state index in [1.165, 1.54) is 0 Å². The number of rotatable bonds is 2. The number of alkyl halides is 1. The molecular weight excluding hydrogens is 177 g/mol. The van der Waals surface area contributed by atoms with Crippen molar-refractivity contribution >= 4 is 11.6 Å². The van der Waals surface area contributed by atoms with Crippen molar-refractivity contribution in [3.63, 3.8) is 0 Å². The van der Waals surface area contributed by atoms with Crippen LogP contribution in [-0.4, -0.2) is 6.67 Å². The maximum atomic E-state index is 12.2. The van der Waals surface area contributed by atoms with Gasteiger partial charge in [-0.25, -0.2) is 4.39 Å². The summed E-state index contributed by atoms with van der Waals surface area (Å²) in [4.78, 5) is 0. The van der Waals surface area contributed by atoms with Crippen LogP contribution in [0.3, 0.4) is 0 Å².